The van der Waals surface area contributed by atoms with Crippen LogP contribution >= 0.6 is 11.3 Å². The summed E-state index contributed by atoms with van der Waals surface area (Å²) in [7, 11) is 0. The van der Waals surface area contributed by atoms with E-state index < -0.39 is 0 Å². The third-order valence-corrected chi connectivity index (χ3v) is 3.32. The molecule has 0 aromatic carbocycles. The van der Waals surface area contributed by atoms with Gasteiger partial charge in [0, 0.05) is 6.04 Å². The normalized spacial score (nSPS) is 13.3. The first-order chi connectivity index (χ1) is 7.24. The molecule has 0 aliphatic rings. The van der Waals surface area contributed by atoms with Crippen LogP contribution in [0.1, 0.15) is 51.6 Å². The fourth-order valence-corrected chi connectivity index (χ4v) is 2.39. The summed E-state index contributed by atoms with van der Waals surface area (Å²) in [6.07, 6.45) is 3.77. The summed E-state index contributed by atoms with van der Waals surface area (Å²) in [6, 6.07) is 2.82. The molecule has 1 N–H and O–H groups in total. The van der Waals surface area contributed by atoms with E-state index in [2.05, 4.69) is 42.9 Å². The molecule has 1 heterocycles. The van der Waals surface area contributed by atoms with E-state index in [9.17, 15) is 0 Å². The number of nitrogens with one attached hydrogen (secondary N) is 1. The van der Waals surface area contributed by atoms with E-state index in [1.807, 2.05) is 0 Å². The quantitative estimate of drug-likeness (QED) is 0.732. The van der Waals surface area contributed by atoms with Gasteiger partial charge in [0.15, 0.2) is 0 Å². The van der Waals surface area contributed by atoms with Crippen LogP contribution in [-0.2, 0) is 0 Å². The van der Waals surface area contributed by atoms with Crippen LogP contribution < -0.4 is 5.32 Å². The Morgan fingerprint density at radius 1 is 1.33 bits per heavy atom. The van der Waals surface area contributed by atoms with Crippen molar-refractivity contribution < 1.29 is 0 Å². The molecule has 0 saturated heterocycles. The van der Waals surface area contributed by atoms with Gasteiger partial charge < -0.3 is 5.32 Å². The third kappa shape index (κ3) is 4.80. The Morgan fingerprint density at radius 2 is 2.13 bits per heavy atom. The number of hydrogen-bond acceptors (Lipinski definition) is 2. The van der Waals surface area contributed by atoms with Gasteiger partial charge in [-0.2, -0.15) is 11.3 Å². The Balaban J connectivity index is 2.46. The van der Waals surface area contributed by atoms with Gasteiger partial charge in [-0.3, -0.25) is 0 Å². The first kappa shape index (κ1) is 12.7. The maximum Gasteiger partial charge on any atom is 0.0328 e. The number of hydrogen-bond donors (Lipinski definition) is 1. The minimum absolute atomic E-state index is 0.568. The molecule has 86 valence electrons. The lowest BCUT2D eigenvalue weighted by atomic mass is 9.99. The highest BCUT2D eigenvalue weighted by atomic mass is 32.1. The minimum Gasteiger partial charge on any atom is -0.310 e. The van der Waals surface area contributed by atoms with Crippen LogP contribution in [0.15, 0.2) is 16.8 Å². The second-order valence-corrected chi connectivity index (χ2v) is 5.31. The van der Waals surface area contributed by atoms with E-state index in [-0.39, 0.29) is 0 Å². The number of thiophene rings is 1. The average molecular weight is 225 g/mol. The maximum absolute atomic E-state index is 3.63. The molecular weight excluding hydrogens is 202 g/mol. The zero-order chi connectivity index (χ0) is 11.1. The third-order valence-electron chi connectivity index (χ3n) is 2.62. The fraction of sp³-hybridized carbons (Fsp3) is 0.692. The van der Waals surface area contributed by atoms with Crippen molar-refractivity contribution in [2.24, 2.45) is 5.92 Å². The lowest BCUT2D eigenvalue weighted by Gasteiger charge is -2.18. The second-order valence-electron chi connectivity index (χ2n) is 4.53. The Bertz CT molecular complexity index is 241. The second kappa shape index (κ2) is 7.02. The van der Waals surface area contributed by atoms with E-state index in [0.717, 1.165) is 12.5 Å². The van der Waals surface area contributed by atoms with Crippen molar-refractivity contribution in [3.8, 4) is 0 Å². The summed E-state index contributed by atoms with van der Waals surface area (Å²) in [4.78, 5) is 0. The Hall–Kier alpha value is -0.340. The summed E-state index contributed by atoms with van der Waals surface area (Å²) in [6.45, 7) is 7.94. The van der Waals surface area contributed by atoms with Crippen LogP contribution in [0.3, 0.4) is 0 Å². The lowest BCUT2D eigenvalue weighted by Crippen LogP contribution is -2.22. The summed E-state index contributed by atoms with van der Waals surface area (Å²) < 4.78 is 0. The smallest absolute Gasteiger partial charge is 0.0328 e. The zero-order valence-corrected chi connectivity index (χ0v) is 10.9. The monoisotopic (exact) mass is 225 g/mol. The van der Waals surface area contributed by atoms with Gasteiger partial charge >= 0.3 is 0 Å². The molecule has 1 nitrogen and oxygen atoms in total. The summed E-state index contributed by atoms with van der Waals surface area (Å²) >= 11 is 1.80. The van der Waals surface area contributed by atoms with Gasteiger partial charge in [-0.1, -0.05) is 20.8 Å². The van der Waals surface area contributed by atoms with Crippen LogP contribution in [0.2, 0.25) is 0 Å². The van der Waals surface area contributed by atoms with Gasteiger partial charge in [-0.15, -0.1) is 0 Å². The molecule has 1 aromatic heterocycles. The summed E-state index contributed by atoms with van der Waals surface area (Å²) in [5.74, 6) is 0.801. The van der Waals surface area contributed by atoms with E-state index in [4.69, 9.17) is 0 Å². The fourth-order valence-electron chi connectivity index (χ4n) is 1.68. The van der Waals surface area contributed by atoms with Crippen molar-refractivity contribution >= 4 is 11.3 Å². The SMILES string of the molecule is CCCNC(CCC(C)C)c1ccsc1. The van der Waals surface area contributed by atoms with Crippen molar-refractivity contribution in [1.82, 2.24) is 5.32 Å². The van der Waals surface area contributed by atoms with E-state index in [1.54, 1.807) is 11.3 Å². The van der Waals surface area contributed by atoms with Gasteiger partial charge in [-0.25, -0.2) is 0 Å². The largest absolute Gasteiger partial charge is 0.310 e. The van der Waals surface area contributed by atoms with Crippen molar-refractivity contribution in [3.05, 3.63) is 22.4 Å². The van der Waals surface area contributed by atoms with Gasteiger partial charge in [-0.05, 0) is 54.1 Å². The highest BCUT2D eigenvalue weighted by Crippen LogP contribution is 2.22. The maximum atomic E-state index is 3.63. The Kier molecular flexibility index (Phi) is 5.96. The van der Waals surface area contributed by atoms with E-state index in [0.29, 0.717) is 6.04 Å². The van der Waals surface area contributed by atoms with Crippen LogP contribution in [0.4, 0.5) is 0 Å². The van der Waals surface area contributed by atoms with Crippen LogP contribution in [0, 0.1) is 5.92 Å². The van der Waals surface area contributed by atoms with Crippen molar-refractivity contribution in [2.45, 2.75) is 46.1 Å². The van der Waals surface area contributed by atoms with Gasteiger partial charge in [0.1, 0.15) is 0 Å². The molecule has 1 aromatic rings. The van der Waals surface area contributed by atoms with Crippen LogP contribution in [-0.4, -0.2) is 6.54 Å². The molecular formula is C13H23NS. The molecule has 2 heteroatoms. The lowest BCUT2D eigenvalue weighted by molar-refractivity contribution is 0.441. The Labute approximate surface area is 97.9 Å². The Morgan fingerprint density at radius 3 is 2.67 bits per heavy atom. The minimum atomic E-state index is 0.568. The van der Waals surface area contributed by atoms with Crippen molar-refractivity contribution in [2.75, 3.05) is 6.54 Å². The molecule has 1 rings (SSSR count). The molecule has 0 bridgehead atoms. The summed E-state index contributed by atoms with van der Waals surface area (Å²) in [5, 5.41) is 8.08. The number of rotatable bonds is 7. The molecule has 15 heavy (non-hydrogen) atoms. The molecule has 1 atom stereocenters. The van der Waals surface area contributed by atoms with Gasteiger partial charge in [0.2, 0.25) is 0 Å². The molecule has 0 aliphatic heterocycles. The zero-order valence-electron chi connectivity index (χ0n) is 10.1. The predicted molar refractivity (Wildman–Crippen MR) is 69.4 cm³/mol. The van der Waals surface area contributed by atoms with Crippen LogP contribution in [0.5, 0.6) is 0 Å². The topological polar surface area (TPSA) is 12.0 Å². The molecule has 0 amide bonds. The molecule has 0 aliphatic carbocycles. The molecule has 0 saturated carbocycles. The summed E-state index contributed by atoms with van der Waals surface area (Å²) in [5.41, 5.74) is 1.47. The van der Waals surface area contributed by atoms with Crippen molar-refractivity contribution in [1.29, 1.82) is 0 Å². The molecule has 0 radical (unpaired) electrons. The highest BCUT2D eigenvalue weighted by molar-refractivity contribution is 7.07. The molecule has 0 fully saturated rings. The first-order valence-electron chi connectivity index (χ1n) is 5.99. The van der Waals surface area contributed by atoms with Crippen molar-refractivity contribution in [3.63, 3.8) is 0 Å². The molecule has 1 unspecified atom stereocenters. The van der Waals surface area contributed by atoms with Gasteiger partial charge in [0.25, 0.3) is 0 Å². The standard InChI is InChI=1S/C13H23NS/c1-4-8-14-13(6-5-11(2)3)12-7-9-15-10-12/h7,9-11,13-14H,4-6,8H2,1-3H3. The average Bonchev–Trinajstić information content (AvgIpc) is 2.71. The van der Waals surface area contributed by atoms with Gasteiger partial charge in [0.05, 0.1) is 0 Å². The highest BCUT2D eigenvalue weighted by Gasteiger charge is 2.11. The van der Waals surface area contributed by atoms with Crippen LogP contribution in [0.25, 0.3) is 0 Å². The predicted octanol–water partition coefficient (Wildman–Crippen LogP) is 4.23. The first-order valence-corrected chi connectivity index (χ1v) is 6.93. The van der Waals surface area contributed by atoms with E-state index >= 15 is 0 Å². The van der Waals surface area contributed by atoms with E-state index in [1.165, 1.54) is 24.8 Å². The molecule has 0 spiro atoms.